The fraction of sp³-hybridized carbons (Fsp3) is 0.533. The number of nitrogens with zero attached hydrogens (tertiary/aromatic N) is 2. The average molecular weight is 296 g/mol. The van der Waals surface area contributed by atoms with Crippen LogP contribution in [0, 0.1) is 5.92 Å². The molecular formula is C15H22ClN3O. The molecule has 5 heteroatoms. The van der Waals surface area contributed by atoms with Crippen LogP contribution in [0.1, 0.15) is 13.3 Å². The Labute approximate surface area is 125 Å². The summed E-state index contributed by atoms with van der Waals surface area (Å²) in [6, 6.07) is 7.85. The van der Waals surface area contributed by atoms with Gasteiger partial charge in [-0.3, -0.25) is 4.79 Å². The molecule has 0 radical (unpaired) electrons. The standard InChI is InChI=1S/C15H22ClN3O/c1-12(11-17)10-15(20)19-8-6-18(7-9-19)14-4-2-13(16)3-5-14/h2-5,12H,6-11,17H2,1H3. The van der Waals surface area contributed by atoms with Gasteiger partial charge in [-0.15, -0.1) is 0 Å². The Morgan fingerprint density at radius 1 is 1.25 bits per heavy atom. The molecule has 1 heterocycles. The molecule has 1 fully saturated rings. The number of piperazine rings is 1. The normalized spacial score (nSPS) is 17.1. The minimum Gasteiger partial charge on any atom is -0.368 e. The van der Waals surface area contributed by atoms with Crippen LogP contribution in [0.4, 0.5) is 5.69 Å². The highest BCUT2D eigenvalue weighted by molar-refractivity contribution is 6.30. The molecule has 1 aromatic carbocycles. The molecule has 2 N–H and O–H groups in total. The minimum atomic E-state index is 0.221. The molecule has 1 saturated heterocycles. The van der Waals surface area contributed by atoms with Gasteiger partial charge < -0.3 is 15.5 Å². The molecule has 1 aromatic rings. The third kappa shape index (κ3) is 3.87. The van der Waals surface area contributed by atoms with Gasteiger partial charge in [0.15, 0.2) is 0 Å². The number of carbonyl (C=O) groups is 1. The summed E-state index contributed by atoms with van der Waals surface area (Å²) in [5.74, 6) is 0.482. The summed E-state index contributed by atoms with van der Waals surface area (Å²) in [4.78, 5) is 16.3. The molecule has 0 spiro atoms. The molecule has 1 unspecified atom stereocenters. The maximum absolute atomic E-state index is 12.1. The SMILES string of the molecule is CC(CN)CC(=O)N1CCN(c2ccc(Cl)cc2)CC1. The Balaban J connectivity index is 1.86. The van der Waals surface area contributed by atoms with Gasteiger partial charge in [0.1, 0.15) is 0 Å². The highest BCUT2D eigenvalue weighted by atomic mass is 35.5. The third-order valence-electron chi connectivity index (χ3n) is 3.75. The maximum atomic E-state index is 12.1. The van der Waals surface area contributed by atoms with E-state index in [0.717, 1.165) is 36.9 Å². The summed E-state index contributed by atoms with van der Waals surface area (Å²) in [5.41, 5.74) is 6.73. The topological polar surface area (TPSA) is 49.6 Å². The lowest BCUT2D eigenvalue weighted by Gasteiger charge is -2.36. The molecule has 1 aliphatic rings. The number of benzene rings is 1. The molecule has 0 saturated carbocycles. The minimum absolute atomic E-state index is 0.221. The van der Waals surface area contributed by atoms with Crippen LogP contribution >= 0.6 is 11.6 Å². The van der Waals surface area contributed by atoms with Gasteiger partial charge in [-0.05, 0) is 36.7 Å². The van der Waals surface area contributed by atoms with Gasteiger partial charge in [-0.25, -0.2) is 0 Å². The van der Waals surface area contributed by atoms with Crippen molar-refractivity contribution >= 4 is 23.2 Å². The third-order valence-corrected chi connectivity index (χ3v) is 4.00. The lowest BCUT2D eigenvalue weighted by molar-refractivity contribution is -0.132. The van der Waals surface area contributed by atoms with Gasteiger partial charge in [0.25, 0.3) is 0 Å². The van der Waals surface area contributed by atoms with Crippen LogP contribution in [0.25, 0.3) is 0 Å². The zero-order valence-corrected chi connectivity index (χ0v) is 12.6. The van der Waals surface area contributed by atoms with Crippen molar-refractivity contribution < 1.29 is 4.79 Å². The molecule has 4 nitrogen and oxygen atoms in total. The van der Waals surface area contributed by atoms with E-state index < -0.39 is 0 Å². The second-order valence-electron chi connectivity index (χ2n) is 5.39. The van der Waals surface area contributed by atoms with E-state index >= 15 is 0 Å². The maximum Gasteiger partial charge on any atom is 0.223 e. The van der Waals surface area contributed by atoms with Gasteiger partial charge in [-0.1, -0.05) is 18.5 Å². The van der Waals surface area contributed by atoms with Crippen LogP contribution in [0.15, 0.2) is 24.3 Å². The van der Waals surface area contributed by atoms with Crippen molar-refractivity contribution in [3.05, 3.63) is 29.3 Å². The van der Waals surface area contributed by atoms with Crippen LogP contribution in [0.3, 0.4) is 0 Å². The quantitative estimate of drug-likeness (QED) is 0.924. The molecule has 0 bridgehead atoms. The van der Waals surface area contributed by atoms with Crippen molar-refractivity contribution in [1.29, 1.82) is 0 Å². The van der Waals surface area contributed by atoms with Crippen molar-refractivity contribution in [2.45, 2.75) is 13.3 Å². The zero-order chi connectivity index (χ0) is 14.5. The fourth-order valence-corrected chi connectivity index (χ4v) is 2.50. The number of nitrogens with two attached hydrogens (primary N) is 1. The zero-order valence-electron chi connectivity index (χ0n) is 11.9. The Morgan fingerprint density at radius 3 is 2.40 bits per heavy atom. The molecule has 110 valence electrons. The molecule has 1 amide bonds. The van der Waals surface area contributed by atoms with E-state index in [1.54, 1.807) is 0 Å². The van der Waals surface area contributed by atoms with E-state index in [1.807, 2.05) is 36.1 Å². The smallest absolute Gasteiger partial charge is 0.223 e. The summed E-state index contributed by atoms with van der Waals surface area (Å²) in [6.07, 6.45) is 0.553. The van der Waals surface area contributed by atoms with Crippen molar-refractivity contribution in [1.82, 2.24) is 4.90 Å². The summed E-state index contributed by atoms with van der Waals surface area (Å²) in [7, 11) is 0. The summed E-state index contributed by atoms with van der Waals surface area (Å²) < 4.78 is 0. The highest BCUT2D eigenvalue weighted by Gasteiger charge is 2.22. The van der Waals surface area contributed by atoms with E-state index in [-0.39, 0.29) is 11.8 Å². The van der Waals surface area contributed by atoms with Gasteiger partial charge in [0, 0.05) is 43.3 Å². The van der Waals surface area contributed by atoms with Crippen molar-refractivity contribution in [2.24, 2.45) is 11.7 Å². The van der Waals surface area contributed by atoms with Gasteiger partial charge in [-0.2, -0.15) is 0 Å². The monoisotopic (exact) mass is 295 g/mol. The Morgan fingerprint density at radius 2 is 1.85 bits per heavy atom. The van der Waals surface area contributed by atoms with Gasteiger partial charge in [0.2, 0.25) is 5.91 Å². The van der Waals surface area contributed by atoms with E-state index in [9.17, 15) is 4.79 Å². The first kappa shape index (κ1) is 15.1. The number of amides is 1. The van der Waals surface area contributed by atoms with E-state index in [4.69, 9.17) is 17.3 Å². The average Bonchev–Trinajstić information content (AvgIpc) is 2.48. The Bertz CT molecular complexity index is 441. The van der Waals surface area contributed by atoms with Crippen LogP contribution < -0.4 is 10.6 Å². The number of anilines is 1. The fourth-order valence-electron chi connectivity index (χ4n) is 2.38. The first-order chi connectivity index (χ1) is 9.60. The van der Waals surface area contributed by atoms with Crippen LogP contribution in [0.2, 0.25) is 5.02 Å². The summed E-state index contributed by atoms with van der Waals surface area (Å²) in [5, 5.41) is 0.748. The predicted molar refractivity (Wildman–Crippen MR) is 83.1 cm³/mol. The first-order valence-corrected chi connectivity index (χ1v) is 7.46. The largest absolute Gasteiger partial charge is 0.368 e. The van der Waals surface area contributed by atoms with E-state index in [2.05, 4.69) is 4.90 Å². The van der Waals surface area contributed by atoms with Crippen molar-refractivity contribution in [3.8, 4) is 0 Å². The van der Waals surface area contributed by atoms with Crippen LogP contribution in [0.5, 0.6) is 0 Å². The Kier molecular flexibility index (Phi) is 5.26. The lowest BCUT2D eigenvalue weighted by atomic mass is 10.1. The molecule has 2 rings (SSSR count). The molecule has 0 aliphatic carbocycles. The molecule has 1 aliphatic heterocycles. The van der Waals surface area contributed by atoms with Gasteiger partial charge >= 0.3 is 0 Å². The van der Waals surface area contributed by atoms with E-state index in [0.29, 0.717) is 13.0 Å². The van der Waals surface area contributed by atoms with E-state index in [1.165, 1.54) is 0 Å². The number of hydrogen-bond acceptors (Lipinski definition) is 3. The highest BCUT2D eigenvalue weighted by Crippen LogP contribution is 2.19. The number of halogens is 1. The van der Waals surface area contributed by atoms with Crippen LogP contribution in [-0.2, 0) is 4.79 Å². The number of rotatable bonds is 4. The molecule has 0 aromatic heterocycles. The lowest BCUT2D eigenvalue weighted by Crippen LogP contribution is -2.49. The molecular weight excluding hydrogens is 274 g/mol. The molecule has 20 heavy (non-hydrogen) atoms. The number of carbonyl (C=O) groups excluding carboxylic acids is 1. The van der Waals surface area contributed by atoms with Crippen molar-refractivity contribution in [3.63, 3.8) is 0 Å². The second kappa shape index (κ2) is 6.95. The first-order valence-electron chi connectivity index (χ1n) is 7.08. The number of hydrogen-bond donors (Lipinski definition) is 1. The van der Waals surface area contributed by atoms with Crippen molar-refractivity contribution in [2.75, 3.05) is 37.6 Å². The summed E-state index contributed by atoms with van der Waals surface area (Å²) in [6.45, 7) is 5.87. The summed E-state index contributed by atoms with van der Waals surface area (Å²) >= 11 is 5.90. The second-order valence-corrected chi connectivity index (χ2v) is 5.83. The molecule has 1 atom stereocenters. The van der Waals surface area contributed by atoms with Gasteiger partial charge in [0.05, 0.1) is 0 Å². The predicted octanol–water partition coefficient (Wildman–Crippen LogP) is 1.97. The Hall–Kier alpha value is -1.26. The van der Waals surface area contributed by atoms with Crippen LogP contribution in [-0.4, -0.2) is 43.5 Å².